The van der Waals surface area contributed by atoms with E-state index in [0.717, 1.165) is 41.5 Å². The molecule has 3 atom stereocenters. The van der Waals surface area contributed by atoms with E-state index in [9.17, 15) is 17.2 Å². The normalized spacial score (nSPS) is 24.2. The zero-order valence-electron chi connectivity index (χ0n) is 17.0. The lowest BCUT2D eigenvalue weighted by Crippen LogP contribution is -2.39. The number of aromatic nitrogens is 1. The van der Waals surface area contributed by atoms with Gasteiger partial charge in [-0.2, -0.15) is 4.31 Å². The predicted molar refractivity (Wildman–Crippen MR) is 112 cm³/mol. The molecule has 0 radical (unpaired) electrons. The smallest absolute Gasteiger partial charge is 0.243 e. The molecular weight excluding hydrogens is 406 g/mol. The SMILES string of the molecule is CCn1c(C)c(C2CC3CC2CN3S(=O)(=O)c2ccc(F)cc2)c2cc(F)ccc21. The summed E-state index contributed by atoms with van der Waals surface area (Å²) >= 11 is 0. The van der Waals surface area contributed by atoms with Crippen molar-refractivity contribution in [3.63, 3.8) is 0 Å². The van der Waals surface area contributed by atoms with Crippen LogP contribution < -0.4 is 0 Å². The molecular formula is C23H24F2N2O2S. The van der Waals surface area contributed by atoms with E-state index in [0.29, 0.717) is 6.54 Å². The van der Waals surface area contributed by atoms with E-state index >= 15 is 0 Å². The van der Waals surface area contributed by atoms with Crippen molar-refractivity contribution in [3.05, 3.63) is 65.4 Å². The molecule has 2 bridgehead atoms. The largest absolute Gasteiger partial charge is 0.345 e. The molecule has 158 valence electrons. The standard InChI is InChI=1S/C23H24F2N2O2S/c1-3-26-14(2)23(21-11-17(25)6-9-22(21)26)20-12-18-10-15(20)13-27(18)30(28,29)19-7-4-16(24)5-8-19/h4-9,11,15,18,20H,3,10,12-13H2,1-2H3. The van der Waals surface area contributed by atoms with Gasteiger partial charge in [-0.25, -0.2) is 17.2 Å². The number of nitrogens with zero attached hydrogens (tertiary/aromatic N) is 2. The summed E-state index contributed by atoms with van der Waals surface area (Å²) in [7, 11) is -3.65. The molecule has 2 aliphatic rings. The molecule has 0 amide bonds. The first-order chi connectivity index (χ1) is 14.3. The maximum absolute atomic E-state index is 14.0. The number of aryl methyl sites for hydroxylation is 1. The summed E-state index contributed by atoms with van der Waals surface area (Å²) in [5, 5.41) is 0.944. The topological polar surface area (TPSA) is 42.3 Å². The number of benzene rings is 2. The molecule has 1 saturated heterocycles. The maximum atomic E-state index is 14.0. The Balaban J connectivity index is 1.49. The van der Waals surface area contributed by atoms with Gasteiger partial charge >= 0.3 is 0 Å². The Morgan fingerprint density at radius 2 is 1.73 bits per heavy atom. The van der Waals surface area contributed by atoms with E-state index in [2.05, 4.69) is 18.4 Å². The Hall–Kier alpha value is -2.25. The zero-order valence-corrected chi connectivity index (χ0v) is 17.8. The quantitative estimate of drug-likeness (QED) is 0.596. The summed E-state index contributed by atoms with van der Waals surface area (Å²) < 4.78 is 57.3. The third-order valence-corrected chi connectivity index (χ3v) is 8.87. The van der Waals surface area contributed by atoms with Crippen LogP contribution >= 0.6 is 0 Å². The van der Waals surface area contributed by atoms with Crippen LogP contribution in [0, 0.1) is 24.5 Å². The van der Waals surface area contributed by atoms with Crippen molar-refractivity contribution in [2.45, 2.75) is 50.1 Å². The van der Waals surface area contributed by atoms with Crippen molar-refractivity contribution in [1.82, 2.24) is 8.87 Å². The average Bonchev–Trinajstić information content (AvgIpc) is 3.38. The van der Waals surface area contributed by atoms with Crippen molar-refractivity contribution in [3.8, 4) is 0 Å². The van der Waals surface area contributed by atoms with E-state index in [1.165, 1.54) is 30.3 Å². The molecule has 2 aromatic carbocycles. The third kappa shape index (κ3) is 2.82. The Labute approximate surface area is 175 Å². The molecule has 1 aromatic heterocycles. The summed E-state index contributed by atoms with van der Waals surface area (Å²) in [6.45, 7) is 5.41. The highest BCUT2D eigenvalue weighted by molar-refractivity contribution is 7.89. The summed E-state index contributed by atoms with van der Waals surface area (Å²) in [4.78, 5) is 0.133. The Bertz CT molecular complexity index is 1230. The van der Waals surface area contributed by atoms with Crippen LogP contribution in [0.25, 0.3) is 10.9 Å². The van der Waals surface area contributed by atoms with Gasteiger partial charge in [-0.05, 0) is 86.6 Å². The van der Waals surface area contributed by atoms with Gasteiger partial charge in [0, 0.05) is 35.7 Å². The zero-order chi connectivity index (χ0) is 21.2. The van der Waals surface area contributed by atoms with Crippen molar-refractivity contribution in [2.24, 2.45) is 5.92 Å². The van der Waals surface area contributed by atoms with Crippen molar-refractivity contribution < 1.29 is 17.2 Å². The van der Waals surface area contributed by atoms with E-state index in [1.54, 1.807) is 10.4 Å². The fourth-order valence-electron chi connectivity index (χ4n) is 5.66. The highest BCUT2D eigenvalue weighted by Gasteiger charge is 2.50. The molecule has 0 spiro atoms. The number of hydrogen-bond acceptors (Lipinski definition) is 2. The highest BCUT2D eigenvalue weighted by Crippen LogP contribution is 2.51. The number of rotatable bonds is 4. The fourth-order valence-corrected chi connectivity index (χ4v) is 7.36. The second-order valence-electron chi connectivity index (χ2n) is 8.43. The summed E-state index contributed by atoms with van der Waals surface area (Å²) in [6.07, 6.45) is 1.53. The van der Waals surface area contributed by atoms with Gasteiger partial charge in [-0.15, -0.1) is 0 Å². The van der Waals surface area contributed by atoms with Crippen LogP contribution in [-0.2, 0) is 16.6 Å². The maximum Gasteiger partial charge on any atom is 0.243 e. The van der Waals surface area contributed by atoms with Crippen molar-refractivity contribution >= 4 is 20.9 Å². The Morgan fingerprint density at radius 3 is 2.37 bits per heavy atom. The van der Waals surface area contributed by atoms with Gasteiger partial charge in [0.25, 0.3) is 0 Å². The second-order valence-corrected chi connectivity index (χ2v) is 10.3. The van der Waals surface area contributed by atoms with Gasteiger partial charge in [0.1, 0.15) is 11.6 Å². The monoisotopic (exact) mass is 430 g/mol. The summed E-state index contributed by atoms with van der Waals surface area (Å²) in [5.74, 6) is -0.289. The minimum atomic E-state index is -3.65. The molecule has 3 unspecified atom stereocenters. The van der Waals surface area contributed by atoms with Crippen LogP contribution in [-0.4, -0.2) is 29.9 Å². The minimum Gasteiger partial charge on any atom is -0.345 e. The molecule has 1 saturated carbocycles. The van der Waals surface area contributed by atoms with Crippen LogP contribution in [0.3, 0.4) is 0 Å². The van der Waals surface area contributed by atoms with E-state index in [4.69, 9.17) is 0 Å². The van der Waals surface area contributed by atoms with Crippen LogP contribution in [0.5, 0.6) is 0 Å². The molecule has 30 heavy (non-hydrogen) atoms. The Morgan fingerprint density at radius 1 is 1.03 bits per heavy atom. The lowest BCUT2D eigenvalue weighted by Gasteiger charge is -2.31. The number of halogens is 2. The van der Waals surface area contributed by atoms with Crippen LogP contribution in [0.15, 0.2) is 47.4 Å². The van der Waals surface area contributed by atoms with Crippen molar-refractivity contribution in [2.75, 3.05) is 6.54 Å². The first-order valence-electron chi connectivity index (χ1n) is 10.4. The van der Waals surface area contributed by atoms with Gasteiger partial charge in [0.15, 0.2) is 0 Å². The molecule has 2 heterocycles. The van der Waals surface area contributed by atoms with Gasteiger partial charge in [-0.1, -0.05) is 0 Å². The molecule has 2 fully saturated rings. The van der Waals surface area contributed by atoms with E-state index < -0.39 is 15.8 Å². The van der Waals surface area contributed by atoms with Gasteiger partial charge in [0.05, 0.1) is 4.90 Å². The minimum absolute atomic E-state index is 0.0805. The molecule has 1 aliphatic carbocycles. The fraction of sp³-hybridized carbons (Fsp3) is 0.391. The predicted octanol–water partition coefficient (Wildman–Crippen LogP) is 4.81. The van der Waals surface area contributed by atoms with E-state index in [1.807, 2.05) is 6.07 Å². The average molecular weight is 431 g/mol. The number of piperidine rings is 1. The summed E-state index contributed by atoms with van der Waals surface area (Å²) in [6, 6.07) is 9.89. The molecule has 0 N–H and O–H groups in total. The first kappa shape index (κ1) is 19.7. The number of hydrogen-bond donors (Lipinski definition) is 0. The van der Waals surface area contributed by atoms with Crippen LogP contribution in [0.2, 0.25) is 0 Å². The van der Waals surface area contributed by atoms with Gasteiger partial charge in [-0.3, -0.25) is 0 Å². The highest BCUT2D eigenvalue weighted by atomic mass is 32.2. The third-order valence-electron chi connectivity index (χ3n) is 6.93. The summed E-state index contributed by atoms with van der Waals surface area (Å²) in [5.41, 5.74) is 3.34. The van der Waals surface area contributed by atoms with Gasteiger partial charge < -0.3 is 4.57 Å². The van der Waals surface area contributed by atoms with Gasteiger partial charge in [0.2, 0.25) is 10.0 Å². The number of fused-ring (bicyclic) bond motifs is 3. The Kier molecular flexibility index (Phi) is 4.52. The molecule has 7 heteroatoms. The van der Waals surface area contributed by atoms with E-state index in [-0.39, 0.29) is 28.6 Å². The molecule has 3 aromatic rings. The number of sulfonamides is 1. The lowest BCUT2D eigenvalue weighted by atomic mass is 9.86. The molecule has 1 aliphatic heterocycles. The van der Waals surface area contributed by atoms with Crippen molar-refractivity contribution in [1.29, 1.82) is 0 Å². The molecule has 5 rings (SSSR count). The first-order valence-corrected chi connectivity index (χ1v) is 11.8. The molecule has 4 nitrogen and oxygen atoms in total. The van der Waals surface area contributed by atoms with Crippen LogP contribution in [0.4, 0.5) is 8.78 Å². The second kappa shape index (κ2) is 6.89. The lowest BCUT2D eigenvalue weighted by molar-refractivity contribution is 0.308. The van der Waals surface area contributed by atoms with Crippen LogP contribution in [0.1, 0.15) is 36.9 Å².